The molecule has 7 nitrogen and oxygen atoms in total. The molecular formula is C30H40ClNO6Pd. The SMILES string of the molecule is CO[C@H]1O[C@@H](COCCOc2c[c-]c(C=Nc3c(C(C)C)cccc3C(C)C)cc2)[C@H]2OC(C)(C)OC12.[Cl][Pd+]. The van der Waals surface area contributed by atoms with Gasteiger partial charge in [-0.15, -0.1) is 29.8 Å². The second-order valence-corrected chi connectivity index (χ2v) is 10.6. The molecule has 1 unspecified atom stereocenters. The van der Waals surface area contributed by atoms with Gasteiger partial charge in [-0.1, -0.05) is 45.9 Å². The van der Waals surface area contributed by atoms with E-state index in [2.05, 4.69) is 79.7 Å². The number of nitrogens with zero attached hydrogens (tertiary/aromatic N) is 1. The predicted octanol–water partition coefficient (Wildman–Crippen LogP) is 6.46. The number of hydrogen-bond acceptors (Lipinski definition) is 7. The van der Waals surface area contributed by atoms with Crippen LogP contribution in [0.2, 0.25) is 0 Å². The van der Waals surface area contributed by atoms with Crippen molar-refractivity contribution in [1.82, 2.24) is 0 Å². The van der Waals surface area contributed by atoms with E-state index in [1.54, 1.807) is 7.11 Å². The van der Waals surface area contributed by atoms with Crippen LogP contribution in [0.1, 0.15) is 70.1 Å². The van der Waals surface area contributed by atoms with Crippen LogP contribution in [-0.2, 0) is 41.9 Å². The summed E-state index contributed by atoms with van der Waals surface area (Å²) in [5, 5.41) is 0. The van der Waals surface area contributed by atoms with E-state index in [1.807, 2.05) is 38.3 Å². The fourth-order valence-corrected chi connectivity index (χ4v) is 4.77. The number of halogens is 1. The molecule has 0 spiro atoms. The number of benzene rings is 2. The zero-order valence-corrected chi connectivity index (χ0v) is 26.0. The van der Waals surface area contributed by atoms with Crippen LogP contribution in [0.4, 0.5) is 5.69 Å². The fraction of sp³-hybridized carbons (Fsp3) is 0.567. The van der Waals surface area contributed by atoms with Gasteiger partial charge >= 0.3 is 27.7 Å². The van der Waals surface area contributed by atoms with Gasteiger partial charge in [-0.05, 0) is 43.0 Å². The molecule has 218 valence electrons. The van der Waals surface area contributed by atoms with Crippen LogP contribution in [0.15, 0.2) is 41.4 Å². The average molecular weight is 653 g/mol. The monoisotopic (exact) mass is 651 g/mol. The summed E-state index contributed by atoms with van der Waals surface area (Å²) in [4.78, 5) is 4.86. The summed E-state index contributed by atoms with van der Waals surface area (Å²) >= 11 is 2.22. The molecule has 4 atom stereocenters. The molecule has 0 amide bonds. The van der Waals surface area contributed by atoms with E-state index in [0.717, 1.165) is 17.0 Å². The van der Waals surface area contributed by atoms with Gasteiger partial charge in [0.15, 0.2) is 12.1 Å². The summed E-state index contributed by atoms with van der Waals surface area (Å²) in [5.74, 6) is 0.889. The van der Waals surface area contributed by atoms with Crippen LogP contribution >= 0.6 is 9.53 Å². The number of para-hydroxylation sites is 1. The molecule has 2 saturated heterocycles. The number of hydrogen-bond donors (Lipinski definition) is 0. The normalized spacial score (nSPS) is 23.8. The molecule has 0 saturated carbocycles. The predicted molar refractivity (Wildman–Crippen MR) is 149 cm³/mol. The van der Waals surface area contributed by atoms with Crippen molar-refractivity contribution >= 4 is 21.4 Å². The van der Waals surface area contributed by atoms with E-state index in [0.29, 0.717) is 31.7 Å². The van der Waals surface area contributed by atoms with Gasteiger partial charge in [0.25, 0.3) is 0 Å². The van der Waals surface area contributed by atoms with Crippen LogP contribution in [0.5, 0.6) is 5.75 Å². The molecule has 2 aromatic rings. The van der Waals surface area contributed by atoms with Crippen molar-refractivity contribution in [3.05, 3.63) is 59.2 Å². The van der Waals surface area contributed by atoms with E-state index >= 15 is 0 Å². The van der Waals surface area contributed by atoms with Crippen molar-refractivity contribution in [3.8, 4) is 5.75 Å². The molecule has 0 N–H and O–H groups in total. The molecule has 0 aromatic heterocycles. The number of rotatable bonds is 11. The van der Waals surface area contributed by atoms with Gasteiger partial charge in [0.05, 0.1) is 25.5 Å². The van der Waals surface area contributed by atoms with Crippen molar-refractivity contribution in [2.24, 2.45) is 4.99 Å². The molecule has 0 radical (unpaired) electrons. The number of ether oxygens (including phenoxy) is 6. The van der Waals surface area contributed by atoms with Crippen LogP contribution in [0, 0.1) is 6.07 Å². The number of fused-ring (bicyclic) bond motifs is 1. The zero-order valence-electron chi connectivity index (χ0n) is 23.7. The summed E-state index contributed by atoms with van der Waals surface area (Å²) in [6.07, 6.45) is 0.704. The first-order valence-corrected chi connectivity index (χ1v) is 15.2. The van der Waals surface area contributed by atoms with Crippen molar-refractivity contribution in [1.29, 1.82) is 0 Å². The van der Waals surface area contributed by atoms with Crippen LogP contribution in [0.25, 0.3) is 0 Å². The topological polar surface area (TPSA) is 67.7 Å². The maximum atomic E-state index is 5.99. The Bertz CT molecular complexity index is 1040. The molecular weight excluding hydrogens is 612 g/mol. The first-order chi connectivity index (χ1) is 18.7. The molecule has 2 aliphatic heterocycles. The zero-order chi connectivity index (χ0) is 28.6. The summed E-state index contributed by atoms with van der Waals surface area (Å²) in [6, 6.07) is 15.4. The first-order valence-electron chi connectivity index (χ1n) is 13.2. The minimum atomic E-state index is -0.654. The molecule has 2 fully saturated rings. The Labute approximate surface area is 247 Å². The van der Waals surface area contributed by atoms with Gasteiger partial charge in [-0.3, -0.25) is 0 Å². The summed E-state index contributed by atoms with van der Waals surface area (Å²) in [6.45, 7) is 13.8. The van der Waals surface area contributed by atoms with Gasteiger partial charge in [0, 0.05) is 12.9 Å². The Morgan fingerprint density at radius 3 is 2.28 bits per heavy atom. The molecule has 4 rings (SSSR count). The average Bonchev–Trinajstić information content (AvgIpc) is 3.41. The third kappa shape index (κ3) is 8.58. The number of aliphatic imine (C=N–C) groups is 1. The standard InChI is InChI=1S/C30H40NO6.ClH.Pd/c1-19(2)23-9-8-10-24(20(3)4)26(23)31-17-21-11-13-22(14-12-21)34-16-15-33-18-25-27-28(29(32-7)35-25)37-30(5,6)36-27;;/h8-11,13-14,17,19-20,25,27-29H,15-16,18H2,1-7H3;1H;/q-1;;+2/p-1/t25-,27+,28?,29-;;/m0../s1. The van der Waals surface area contributed by atoms with Gasteiger partial charge in [0.2, 0.25) is 0 Å². The molecule has 0 aliphatic carbocycles. The third-order valence-corrected chi connectivity index (χ3v) is 6.60. The maximum absolute atomic E-state index is 5.99. The van der Waals surface area contributed by atoms with Crippen LogP contribution in [-0.4, -0.2) is 63.5 Å². The Kier molecular flexibility index (Phi) is 12.4. The van der Waals surface area contributed by atoms with E-state index < -0.39 is 12.1 Å². The third-order valence-electron chi connectivity index (χ3n) is 6.60. The Balaban J connectivity index is 0.00000205. The summed E-state index contributed by atoms with van der Waals surface area (Å²) in [7, 11) is 6.10. The van der Waals surface area contributed by atoms with Crippen molar-refractivity contribution in [2.75, 3.05) is 26.9 Å². The first kappa shape index (κ1) is 32.2. The van der Waals surface area contributed by atoms with E-state index in [1.165, 1.54) is 11.1 Å². The van der Waals surface area contributed by atoms with Gasteiger partial charge in [0.1, 0.15) is 18.3 Å². The Morgan fingerprint density at radius 1 is 1.03 bits per heavy atom. The molecule has 2 heterocycles. The number of methoxy groups -OCH3 is 1. The molecule has 0 bridgehead atoms. The van der Waals surface area contributed by atoms with Crippen molar-refractivity contribution in [3.63, 3.8) is 0 Å². The van der Waals surface area contributed by atoms with E-state index in [-0.39, 0.29) is 18.3 Å². The second-order valence-electron chi connectivity index (χ2n) is 10.6. The van der Waals surface area contributed by atoms with Crippen LogP contribution in [0.3, 0.4) is 0 Å². The van der Waals surface area contributed by atoms with E-state index in [9.17, 15) is 0 Å². The summed E-state index contributed by atoms with van der Waals surface area (Å²) in [5.41, 5.74) is 4.48. The molecule has 9 heteroatoms. The van der Waals surface area contributed by atoms with E-state index in [4.69, 9.17) is 33.4 Å². The quantitative estimate of drug-likeness (QED) is 0.120. The van der Waals surface area contributed by atoms with Gasteiger partial charge < -0.3 is 33.4 Å². The summed E-state index contributed by atoms with van der Waals surface area (Å²) < 4.78 is 34.8. The molecule has 39 heavy (non-hydrogen) atoms. The van der Waals surface area contributed by atoms with Crippen molar-refractivity contribution in [2.45, 2.75) is 83.8 Å². The molecule has 2 aromatic carbocycles. The van der Waals surface area contributed by atoms with Gasteiger partial charge in [-0.25, -0.2) is 0 Å². The minimum absolute atomic E-state index is 0.214. The molecule has 2 aliphatic rings. The Hall–Kier alpha value is -1.34. The van der Waals surface area contributed by atoms with Crippen molar-refractivity contribution < 1.29 is 46.6 Å². The van der Waals surface area contributed by atoms with Gasteiger partial charge in [-0.2, -0.15) is 0 Å². The Morgan fingerprint density at radius 2 is 1.69 bits per heavy atom. The fourth-order valence-electron chi connectivity index (χ4n) is 4.77. The second kappa shape index (κ2) is 15.0. The van der Waals surface area contributed by atoms with Crippen LogP contribution < -0.4 is 4.74 Å².